The molecule has 0 bridgehead atoms. The first kappa shape index (κ1) is 10.3. The summed E-state index contributed by atoms with van der Waals surface area (Å²) < 4.78 is 13.7. The summed E-state index contributed by atoms with van der Waals surface area (Å²) in [5.41, 5.74) is 2.38. The minimum atomic E-state index is -0.902. The minimum Gasteiger partial charge on any atom is -0.480 e. The van der Waals surface area contributed by atoms with Crippen LogP contribution in [-0.2, 0) is 17.8 Å². The number of halogens is 1. The first-order valence-electron chi connectivity index (χ1n) is 5.41. The largest absolute Gasteiger partial charge is 0.480 e. The second-order valence-corrected chi connectivity index (χ2v) is 4.22. The Kier molecular flexibility index (Phi) is 2.16. The van der Waals surface area contributed by atoms with Gasteiger partial charge in [-0.1, -0.05) is 6.07 Å². The molecule has 2 aromatic rings. The number of fused-ring (bicyclic) bond motifs is 3. The molecular formula is C12H11FN2O2. The van der Waals surface area contributed by atoms with Crippen molar-refractivity contribution in [3.8, 4) is 0 Å². The summed E-state index contributed by atoms with van der Waals surface area (Å²) in [6.45, 7) is 0.431. The second-order valence-electron chi connectivity index (χ2n) is 4.22. The highest BCUT2D eigenvalue weighted by Gasteiger charge is 2.27. The number of aromatic nitrogens is 1. The van der Waals surface area contributed by atoms with Crippen molar-refractivity contribution in [3.05, 3.63) is 35.3 Å². The predicted molar refractivity (Wildman–Crippen MR) is 60.2 cm³/mol. The Bertz CT molecular complexity index is 606. The monoisotopic (exact) mass is 234 g/mol. The van der Waals surface area contributed by atoms with E-state index in [4.69, 9.17) is 5.11 Å². The van der Waals surface area contributed by atoms with Crippen molar-refractivity contribution < 1.29 is 14.3 Å². The zero-order valence-electron chi connectivity index (χ0n) is 8.96. The van der Waals surface area contributed by atoms with Crippen LogP contribution in [-0.4, -0.2) is 22.1 Å². The van der Waals surface area contributed by atoms with Gasteiger partial charge >= 0.3 is 5.97 Å². The van der Waals surface area contributed by atoms with E-state index in [9.17, 15) is 9.18 Å². The van der Waals surface area contributed by atoms with Crippen LogP contribution >= 0.6 is 0 Å². The number of hydrogen-bond donors (Lipinski definition) is 3. The van der Waals surface area contributed by atoms with Crippen molar-refractivity contribution in [3.63, 3.8) is 0 Å². The number of carboxylic acid groups (broad SMARTS) is 1. The standard InChI is InChI=1S/C12H11FN2O2/c13-7-2-1-3-8-11(7)6-4-9(12(16)17)14-5-10(6)15-8/h1-3,9,14-15H,4-5H2,(H,16,17). The number of H-pyrrole nitrogens is 1. The SMILES string of the molecule is O=C(O)C1Cc2c([nH]c3cccc(F)c23)CN1. The fourth-order valence-corrected chi connectivity index (χ4v) is 2.38. The van der Waals surface area contributed by atoms with E-state index < -0.39 is 12.0 Å². The van der Waals surface area contributed by atoms with Crippen molar-refractivity contribution >= 4 is 16.9 Å². The molecule has 1 aliphatic rings. The minimum absolute atomic E-state index is 0.300. The average molecular weight is 234 g/mol. The normalized spacial score (nSPS) is 19.2. The molecule has 2 heterocycles. The fourth-order valence-electron chi connectivity index (χ4n) is 2.38. The van der Waals surface area contributed by atoms with Crippen molar-refractivity contribution in [2.24, 2.45) is 0 Å². The first-order valence-corrected chi connectivity index (χ1v) is 5.41. The molecule has 5 heteroatoms. The van der Waals surface area contributed by atoms with Gasteiger partial charge in [0, 0.05) is 29.6 Å². The molecule has 0 saturated carbocycles. The van der Waals surface area contributed by atoms with E-state index in [1.807, 2.05) is 0 Å². The number of rotatable bonds is 1. The topological polar surface area (TPSA) is 65.1 Å². The lowest BCUT2D eigenvalue weighted by atomic mass is 9.98. The van der Waals surface area contributed by atoms with E-state index >= 15 is 0 Å². The van der Waals surface area contributed by atoms with Crippen LogP contribution in [0.5, 0.6) is 0 Å². The molecule has 0 amide bonds. The molecule has 3 N–H and O–H groups in total. The molecule has 0 saturated heterocycles. The molecule has 0 aliphatic carbocycles. The first-order chi connectivity index (χ1) is 8.16. The summed E-state index contributed by atoms with van der Waals surface area (Å²) in [4.78, 5) is 14.1. The molecule has 3 rings (SSSR count). The van der Waals surface area contributed by atoms with E-state index in [2.05, 4.69) is 10.3 Å². The van der Waals surface area contributed by atoms with E-state index in [-0.39, 0.29) is 5.82 Å². The Morgan fingerprint density at radius 3 is 3.06 bits per heavy atom. The molecule has 0 fully saturated rings. The average Bonchev–Trinajstić information content (AvgIpc) is 2.67. The van der Waals surface area contributed by atoms with Crippen LogP contribution in [0.4, 0.5) is 4.39 Å². The van der Waals surface area contributed by atoms with Crippen LogP contribution in [0.25, 0.3) is 10.9 Å². The van der Waals surface area contributed by atoms with Gasteiger partial charge in [-0.25, -0.2) is 4.39 Å². The molecule has 4 nitrogen and oxygen atoms in total. The van der Waals surface area contributed by atoms with Crippen molar-refractivity contribution in [1.82, 2.24) is 10.3 Å². The Balaban J connectivity index is 2.17. The summed E-state index contributed by atoms with van der Waals surface area (Å²) in [7, 11) is 0. The zero-order valence-corrected chi connectivity index (χ0v) is 8.96. The van der Waals surface area contributed by atoms with Crippen LogP contribution in [0.3, 0.4) is 0 Å². The van der Waals surface area contributed by atoms with Crippen LogP contribution in [0, 0.1) is 5.82 Å². The number of nitrogens with one attached hydrogen (secondary N) is 2. The molecule has 1 aromatic carbocycles. The van der Waals surface area contributed by atoms with Gasteiger partial charge in [-0.05, 0) is 17.7 Å². The second kappa shape index (κ2) is 3.56. The van der Waals surface area contributed by atoms with Crippen LogP contribution < -0.4 is 5.32 Å². The van der Waals surface area contributed by atoms with E-state index in [0.29, 0.717) is 18.4 Å². The Morgan fingerprint density at radius 2 is 2.29 bits per heavy atom. The Labute approximate surface area is 96.4 Å². The van der Waals surface area contributed by atoms with Crippen molar-refractivity contribution in [1.29, 1.82) is 0 Å². The van der Waals surface area contributed by atoms with Crippen LogP contribution in [0.15, 0.2) is 18.2 Å². The Hall–Kier alpha value is -1.88. The van der Waals surface area contributed by atoms with Gasteiger partial charge < -0.3 is 10.1 Å². The maximum Gasteiger partial charge on any atom is 0.321 e. The van der Waals surface area contributed by atoms with E-state index in [1.54, 1.807) is 12.1 Å². The van der Waals surface area contributed by atoms with Gasteiger partial charge in [0.2, 0.25) is 0 Å². The van der Waals surface area contributed by atoms with Gasteiger partial charge in [0.05, 0.1) is 0 Å². The third-order valence-electron chi connectivity index (χ3n) is 3.20. The summed E-state index contributed by atoms with van der Waals surface area (Å²) in [5, 5.41) is 12.4. The van der Waals surface area contributed by atoms with Crippen LogP contribution in [0.2, 0.25) is 0 Å². The summed E-state index contributed by atoms with van der Waals surface area (Å²) in [5.74, 6) is -1.20. The van der Waals surface area contributed by atoms with Crippen molar-refractivity contribution in [2.45, 2.75) is 19.0 Å². The lowest BCUT2D eigenvalue weighted by molar-refractivity contribution is -0.139. The van der Waals surface area contributed by atoms with Crippen LogP contribution in [0.1, 0.15) is 11.3 Å². The predicted octanol–water partition coefficient (Wildman–Crippen LogP) is 1.41. The molecule has 1 atom stereocenters. The number of hydrogen-bond acceptors (Lipinski definition) is 2. The maximum absolute atomic E-state index is 13.7. The number of carboxylic acids is 1. The lowest BCUT2D eigenvalue weighted by Gasteiger charge is -2.20. The number of carbonyl (C=O) groups is 1. The molecule has 1 aromatic heterocycles. The third-order valence-corrected chi connectivity index (χ3v) is 3.20. The quantitative estimate of drug-likeness (QED) is 0.699. The molecule has 0 radical (unpaired) electrons. The van der Waals surface area contributed by atoms with Gasteiger partial charge in [-0.3, -0.25) is 10.1 Å². The fraction of sp³-hybridized carbons (Fsp3) is 0.250. The van der Waals surface area contributed by atoms with Gasteiger partial charge in [-0.15, -0.1) is 0 Å². The zero-order chi connectivity index (χ0) is 12.0. The number of benzene rings is 1. The highest BCUT2D eigenvalue weighted by atomic mass is 19.1. The maximum atomic E-state index is 13.7. The summed E-state index contributed by atoms with van der Waals surface area (Å²) in [6.07, 6.45) is 0.311. The number of aromatic amines is 1. The number of aliphatic carboxylic acids is 1. The van der Waals surface area contributed by atoms with Gasteiger partial charge in [0.15, 0.2) is 0 Å². The highest BCUT2D eigenvalue weighted by Crippen LogP contribution is 2.28. The van der Waals surface area contributed by atoms with Gasteiger partial charge in [0.25, 0.3) is 0 Å². The Morgan fingerprint density at radius 1 is 1.47 bits per heavy atom. The molecule has 88 valence electrons. The molecule has 17 heavy (non-hydrogen) atoms. The van der Waals surface area contributed by atoms with Crippen molar-refractivity contribution in [2.75, 3.05) is 0 Å². The molecule has 1 aliphatic heterocycles. The van der Waals surface area contributed by atoms with E-state index in [1.165, 1.54) is 6.07 Å². The summed E-state index contributed by atoms with van der Waals surface area (Å²) in [6, 6.07) is 4.20. The highest BCUT2D eigenvalue weighted by molar-refractivity contribution is 5.87. The molecular weight excluding hydrogens is 223 g/mol. The molecule has 1 unspecified atom stereocenters. The van der Waals surface area contributed by atoms with Gasteiger partial charge in [0.1, 0.15) is 11.9 Å². The van der Waals surface area contributed by atoms with Gasteiger partial charge in [-0.2, -0.15) is 0 Å². The lowest BCUT2D eigenvalue weighted by Crippen LogP contribution is -2.41. The van der Waals surface area contributed by atoms with E-state index in [0.717, 1.165) is 16.8 Å². The smallest absolute Gasteiger partial charge is 0.321 e. The third kappa shape index (κ3) is 1.51. The summed E-state index contributed by atoms with van der Waals surface area (Å²) >= 11 is 0. The molecule has 0 spiro atoms.